The Hall–Kier alpha value is -3.99. The summed E-state index contributed by atoms with van der Waals surface area (Å²) in [5, 5.41) is 18.3. The van der Waals surface area contributed by atoms with Gasteiger partial charge in [-0.15, -0.1) is 11.7 Å². The molecule has 0 fully saturated rings. The summed E-state index contributed by atoms with van der Waals surface area (Å²) in [5.74, 6) is 6.13. The fourth-order valence-electron chi connectivity index (χ4n) is 2.83. The Morgan fingerprint density at radius 3 is 2.35 bits per heavy atom. The maximum Gasteiger partial charge on any atom is 0.270 e. The Labute approximate surface area is 244 Å². The van der Waals surface area contributed by atoms with Crippen molar-refractivity contribution in [1.82, 2.24) is 5.12 Å². The summed E-state index contributed by atoms with van der Waals surface area (Å²) >= 11 is 5.98. The third-order valence-electron chi connectivity index (χ3n) is 4.31. The Kier molecular flexibility index (Phi) is 18.8. The van der Waals surface area contributed by atoms with E-state index in [2.05, 4.69) is 16.4 Å². The van der Waals surface area contributed by atoms with Gasteiger partial charge in [0.2, 0.25) is 0 Å². The molecule has 0 heterocycles. The highest BCUT2D eigenvalue weighted by molar-refractivity contribution is 7.89. The molecule has 3 aromatic rings. The summed E-state index contributed by atoms with van der Waals surface area (Å²) in [4.78, 5) is 10.4. The third kappa shape index (κ3) is 14.2. The standard InChI is InChI=1S/C22H21ClN6O3S.C3H6.2C2H6/c23-19-7-1-5-17(12-19)15-28(25)26-22(24)18-6-3-8-20(14-18)27-33(32)11-10-16-4-2-9-21(13-16)29(30)31;1-3-2;2*1-2/h1-14,27H,15,25H2,(H2,24,26);3H,1H2,2H3;2*1-2H3/b11-10+;;;. The highest BCUT2D eigenvalue weighted by Gasteiger charge is 2.06. The molecule has 0 bridgehead atoms. The van der Waals surface area contributed by atoms with Crippen molar-refractivity contribution in [1.29, 1.82) is 0 Å². The number of hydrazone groups is 1. The Bertz CT molecular complexity index is 1280. The molecule has 9 nitrogen and oxygen atoms in total. The number of halogens is 1. The van der Waals surface area contributed by atoms with E-state index >= 15 is 0 Å². The molecule has 0 aromatic heterocycles. The normalized spacial score (nSPS) is 10.9. The monoisotopic (exact) mass is 586 g/mol. The van der Waals surface area contributed by atoms with Gasteiger partial charge in [-0.25, -0.2) is 15.2 Å². The molecule has 3 rings (SSSR count). The minimum absolute atomic E-state index is 0.0392. The molecule has 0 aliphatic rings. The number of nitro groups is 1. The topological polar surface area (TPSA) is 140 Å². The molecule has 216 valence electrons. The molecular formula is C29H39ClN6O3S. The number of hydrazine groups is 1. The zero-order valence-corrected chi connectivity index (χ0v) is 25.2. The Morgan fingerprint density at radius 2 is 1.73 bits per heavy atom. The average Bonchev–Trinajstić information content (AvgIpc) is 2.95. The molecule has 3 aromatic carbocycles. The van der Waals surface area contributed by atoms with E-state index in [4.69, 9.17) is 23.2 Å². The highest BCUT2D eigenvalue weighted by Crippen LogP contribution is 2.16. The lowest BCUT2D eigenvalue weighted by molar-refractivity contribution is -0.384. The highest BCUT2D eigenvalue weighted by atomic mass is 35.5. The maximum absolute atomic E-state index is 12.4. The number of amidine groups is 1. The summed E-state index contributed by atoms with van der Waals surface area (Å²) in [5.41, 5.74) is 8.61. The van der Waals surface area contributed by atoms with E-state index < -0.39 is 15.9 Å². The van der Waals surface area contributed by atoms with Gasteiger partial charge in [0.25, 0.3) is 5.69 Å². The molecule has 40 heavy (non-hydrogen) atoms. The largest absolute Gasteiger partial charge is 0.382 e. The fourth-order valence-corrected chi connectivity index (χ4v) is 3.75. The molecule has 1 atom stereocenters. The van der Waals surface area contributed by atoms with Crippen LogP contribution < -0.4 is 16.3 Å². The predicted octanol–water partition coefficient (Wildman–Crippen LogP) is 7.24. The molecule has 0 saturated carbocycles. The van der Waals surface area contributed by atoms with Crippen LogP contribution in [-0.2, 0) is 17.5 Å². The van der Waals surface area contributed by atoms with Crippen molar-refractivity contribution < 1.29 is 9.13 Å². The minimum Gasteiger partial charge on any atom is -0.382 e. The first-order valence-corrected chi connectivity index (χ1v) is 14.2. The minimum atomic E-state index is -1.58. The number of non-ortho nitro benzene ring substituents is 1. The molecule has 0 saturated heterocycles. The SMILES string of the molecule is C=CC.CC.CC.N/C(=N\N(N)Cc1cccc(Cl)c1)c1cccc(NS(=O)/C=C/c2cccc([N+](=O)[O-])c2)c1. The molecule has 0 aliphatic heterocycles. The van der Waals surface area contributed by atoms with Crippen molar-refractivity contribution >= 4 is 45.9 Å². The molecule has 0 aliphatic carbocycles. The van der Waals surface area contributed by atoms with E-state index in [0.29, 0.717) is 28.4 Å². The van der Waals surface area contributed by atoms with Gasteiger partial charge in [-0.2, -0.15) is 0 Å². The van der Waals surface area contributed by atoms with Crippen molar-refractivity contribution in [3.8, 4) is 0 Å². The number of rotatable bonds is 9. The number of benzene rings is 3. The second kappa shape index (κ2) is 20.9. The lowest BCUT2D eigenvalue weighted by Crippen LogP contribution is -2.29. The van der Waals surface area contributed by atoms with Crippen molar-refractivity contribution in [2.45, 2.75) is 41.2 Å². The van der Waals surface area contributed by atoms with E-state index in [1.807, 2.05) is 46.8 Å². The van der Waals surface area contributed by atoms with E-state index in [9.17, 15) is 14.3 Å². The Balaban J connectivity index is 0.00000199. The zero-order valence-electron chi connectivity index (χ0n) is 23.6. The van der Waals surface area contributed by atoms with Gasteiger partial charge in [-0.3, -0.25) is 10.1 Å². The van der Waals surface area contributed by atoms with Crippen LogP contribution in [0.1, 0.15) is 51.3 Å². The number of allylic oxidation sites excluding steroid dienone is 1. The molecular weight excluding hydrogens is 548 g/mol. The molecule has 5 N–H and O–H groups in total. The van der Waals surface area contributed by atoms with Crippen LogP contribution in [0.15, 0.2) is 96.0 Å². The van der Waals surface area contributed by atoms with Gasteiger partial charge in [0.1, 0.15) is 11.0 Å². The lowest BCUT2D eigenvalue weighted by Gasteiger charge is -2.14. The van der Waals surface area contributed by atoms with Crippen LogP contribution in [0.5, 0.6) is 0 Å². The van der Waals surface area contributed by atoms with Crippen molar-refractivity contribution in [2.24, 2.45) is 16.7 Å². The van der Waals surface area contributed by atoms with E-state index in [-0.39, 0.29) is 11.5 Å². The summed E-state index contributed by atoms with van der Waals surface area (Å²) in [6.45, 7) is 13.6. The molecule has 1 unspecified atom stereocenters. The van der Waals surface area contributed by atoms with Crippen LogP contribution >= 0.6 is 11.6 Å². The number of nitrogens with zero attached hydrogens (tertiary/aromatic N) is 3. The first-order chi connectivity index (χ1) is 19.2. The first-order valence-electron chi connectivity index (χ1n) is 12.6. The number of hydrogen-bond donors (Lipinski definition) is 3. The third-order valence-corrected chi connectivity index (χ3v) is 5.37. The number of anilines is 1. The fraction of sp³-hybridized carbons (Fsp3) is 0.207. The van der Waals surface area contributed by atoms with Crippen LogP contribution in [0.2, 0.25) is 5.02 Å². The number of nitrogens with one attached hydrogen (secondary N) is 1. The maximum atomic E-state index is 12.4. The molecule has 0 radical (unpaired) electrons. The van der Waals surface area contributed by atoms with Gasteiger partial charge in [0, 0.05) is 33.8 Å². The summed E-state index contributed by atoms with van der Waals surface area (Å²) in [7, 11) is -1.58. The van der Waals surface area contributed by atoms with Gasteiger partial charge in [0.15, 0.2) is 5.84 Å². The van der Waals surface area contributed by atoms with Gasteiger partial charge in [0.05, 0.1) is 11.5 Å². The summed E-state index contributed by atoms with van der Waals surface area (Å²) < 4.78 is 15.2. The van der Waals surface area contributed by atoms with Crippen LogP contribution in [0.3, 0.4) is 0 Å². The predicted molar refractivity (Wildman–Crippen MR) is 171 cm³/mol. The van der Waals surface area contributed by atoms with Crippen LogP contribution in [-0.4, -0.2) is 20.1 Å². The van der Waals surface area contributed by atoms with Gasteiger partial charge in [-0.1, -0.05) is 81.8 Å². The number of nitro benzene ring substituents is 1. The summed E-state index contributed by atoms with van der Waals surface area (Å²) in [6, 6.07) is 20.2. The number of hydrogen-bond acceptors (Lipinski definition) is 6. The summed E-state index contributed by atoms with van der Waals surface area (Å²) in [6.07, 6.45) is 3.29. The van der Waals surface area contributed by atoms with E-state index in [1.165, 1.54) is 28.7 Å². The van der Waals surface area contributed by atoms with Crippen LogP contribution in [0, 0.1) is 10.1 Å². The lowest BCUT2D eigenvalue weighted by atomic mass is 10.2. The van der Waals surface area contributed by atoms with Gasteiger partial charge in [-0.05, 0) is 48.4 Å². The molecule has 11 heteroatoms. The van der Waals surface area contributed by atoms with Crippen molar-refractivity contribution in [3.05, 3.63) is 123 Å². The van der Waals surface area contributed by atoms with Crippen molar-refractivity contribution in [3.63, 3.8) is 0 Å². The Morgan fingerprint density at radius 1 is 1.10 bits per heavy atom. The molecule has 0 amide bonds. The number of nitrogens with two attached hydrogens (primary N) is 2. The zero-order chi connectivity index (χ0) is 30.5. The smallest absolute Gasteiger partial charge is 0.270 e. The quantitative estimate of drug-likeness (QED) is 0.0603. The first kappa shape index (κ1) is 36.0. The molecule has 0 spiro atoms. The van der Waals surface area contributed by atoms with Gasteiger partial charge >= 0.3 is 0 Å². The van der Waals surface area contributed by atoms with E-state index in [1.54, 1.807) is 54.6 Å². The van der Waals surface area contributed by atoms with E-state index in [0.717, 1.165) is 5.56 Å². The van der Waals surface area contributed by atoms with Crippen LogP contribution in [0.25, 0.3) is 6.08 Å². The second-order valence-corrected chi connectivity index (χ2v) is 8.76. The van der Waals surface area contributed by atoms with Gasteiger partial charge < -0.3 is 10.5 Å². The second-order valence-electron chi connectivity index (χ2n) is 7.26. The average molecular weight is 587 g/mol. The van der Waals surface area contributed by atoms with Crippen LogP contribution in [0.4, 0.5) is 11.4 Å². The van der Waals surface area contributed by atoms with Crippen molar-refractivity contribution in [2.75, 3.05) is 4.72 Å².